The molecular formula is C16H28N2O3. The quantitative estimate of drug-likeness (QED) is 0.739. The third-order valence-electron chi connectivity index (χ3n) is 4.70. The van der Waals surface area contributed by atoms with E-state index in [2.05, 4.69) is 16.8 Å². The van der Waals surface area contributed by atoms with E-state index in [1.54, 1.807) is 6.08 Å². The van der Waals surface area contributed by atoms with Crippen molar-refractivity contribution in [1.29, 1.82) is 0 Å². The Morgan fingerprint density at radius 3 is 2.67 bits per heavy atom. The van der Waals surface area contributed by atoms with Gasteiger partial charge in [-0.05, 0) is 31.6 Å². The summed E-state index contributed by atoms with van der Waals surface area (Å²) in [5, 5.41) is 11.7. The van der Waals surface area contributed by atoms with Crippen LogP contribution in [0.4, 0.5) is 4.79 Å². The van der Waals surface area contributed by atoms with Crippen molar-refractivity contribution in [2.45, 2.75) is 50.7 Å². The van der Waals surface area contributed by atoms with Gasteiger partial charge in [-0.3, -0.25) is 0 Å². The summed E-state index contributed by atoms with van der Waals surface area (Å²) in [5.41, 5.74) is 0. The molecule has 1 heterocycles. The number of carboxylic acid groups (broad SMARTS) is 1. The SMILES string of the molecule is C=CCOC1CCN(CC2CCCCC2NC(=O)O)CC1. The highest BCUT2D eigenvalue weighted by molar-refractivity contribution is 5.64. The maximum atomic E-state index is 10.9. The minimum absolute atomic E-state index is 0.131. The maximum Gasteiger partial charge on any atom is 0.404 e. The van der Waals surface area contributed by atoms with Gasteiger partial charge in [0, 0.05) is 25.7 Å². The van der Waals surface area contributed by atoms with Crippen molar-refractivity contribution < 1.29 is 14.6 Å². The van der Waals surface area contributed by atoms with Gasteiger partial charge in [0.25, 0.3) is 0 Å². The molecule has 1 saturated carbocycles. The van der Waals surface area contributed by atoms with Gasteiger partial charge in [0.05, 0.1) is 12.7 Å². The van der Waals surface area contributed by atoms with Crippen molar-refractivity contribution >= 4 is 6.09 Å². The van der Waals surface area contributed by atoms with Crippen LogP contribution < -0.4 is 5.32 Å². The maximum absolute atomic E-state index is 10.9. The standard InChI is InChI=1S/C16H28N2O3/c1-2-11-21-14-7-9-18(10-8-14)12-13-5-3-4-6-15(13)17-16(19)20/h2,13-15,17H,1,3-12H2,(H,19,20). The lowest BCUT2D eigenvalue weighted by Crippen LogP contribution is -2.48. The molecule has 1 aliphatic heterocycles. The van der Waals surface area contributed by atoms with Gasteiger partial charge in [-0.15, -0.1) is 6.58 Å². The number of carbonyl (C=O) groups is 1. The Morgan fingerprint density at radius 1 is 1.29 bits per heavy atom. The van der Waals surface area contributed by atoms with Crippen LogP contribution in [0.25, 0.3) is 0 Å². The van der Waals surface area contributed by atoms with Crippen molar-refractivity contribution in [2.24, 2.45) is 5.92 Å². The summed E-state index contributed by atoms with van der Waals surface area (Å²) in [6, 6.07) is 0.131. The fourth-order valence-electron chi connectivity index (χ4n) is 3.57. The molecule has 5 heteroatoms. The zero-order valence-corrected chi connectivity index (χ0v) is 12.8. The molecule has 2 rings (SSSR count). The van der Waals surface area contributed by atoms with Gasteiger partial charge in [-0.25, -0.2) is 4.79 Å². The number of piperidine rings is 1. The predicted molar refractivity (Wildman–Crippen MR) is 82.5 cm³/mol. The summed E-state index contributed by atoms with van der Waals surface area (Å²) in [7, 11) is 0. The highest BCUT2D eigenvalue weighted by Gasteiger charge is 2.29. The number of nitrogens with one attached hydrogen (secondary N) is 1. The number of amides is 1. The molecule has 2 unspecified atom stereocenters. The fraction of sp³-hybridized carbons (Fsp3) is 0.812. The fourth-order valence-corrected chi connectivity index (χ4v) is 3.57. The van der Waals surface area contributed by atoms with Crippen LogP contribution in [0.15, 0.2) is 12.7 Å². The predicted octanol–water partition coefficient (Wildman–Crippen LogP) is 2.48. The van der Waals surface area contributed by atoms with Gasteiger partial charge < -0.3 is 20.1 Å². The van der Waals surface area contributed by atoms with Crippen molar-refractivity contribution in [2.75, 3.05) is 26.2 Å². The molecule has 0 radical (unpaired) electrons. The van der Waals surface area contributed by atoms with Crippen LogP contribution in [0.1, 0.15) is 38.5 Å². The van der Waals surface area contributed by atoms with E-state index < -0.39 is 6.09 Å². The summed E-state index contributed by atoms with van der Waals surface area (Å²) in [6.45, 7) is 7.44. The van der Waals surface area contributed by atoms with E-state index in [1.807, 2.05) is 0 Å². The second kappa shape index (κ2) is 8.39. The summed E-state index contributed by atoms with van der Waals surface area (Å²) >= 11 is 0. The zero-order valence-electron chi connectivity index (χ0n) is 12.8. The molecule has 0 aromatic heterocycles. The molecule has 0 aromatic carbocycles. The number of ether oxygens (including phenoxy) is 1. The minimum atomic E-state index is -0.886. The Balaban J connectivity index is 1.75. The number of hydrogen-bond acceptors (Lipinski definition) is 3. The van der Waals surface area contributed by atoms with E-state index in [4.69, 9.17) is 9.84 Å². The topological polar surface area (TPSA) is 61.8 Å². The van der Waals surface area contributed by atoms with E-state index >= 15 is 0 Å². The molecule has 1 amide bonds. The first kappa shape index (κ1) is 16.3. The first-order valence-electron chi connectivity index (χ1n) is 8.13. The summed E-state index contributed by atoms with van der Waals surface area (Å²) in [5.74, 6) is 0.459. The average molecular weight is 296 g/mol. The minimum Gasteiger partial charge on any atom is -0.465 e. The smallest absolute Gasteiger partial charge is 0.404 e. The van der Waals surface area contributed by atoms with Crippen LogP contribution in [0, 0.1) is 5.92 Å². The molecule has 0 bridgehead atoms. The van der Waals surface area contributed by atoms with Crippen LogP contribution in [-0.2, 0) is 4.74 Å². The summed E-state index contributed by atoms with van der Waals surface area (Å²) in [6.07, 6.45) is 7.89. The molecule has 1 aliphatic carbocycles. The molecule has 120 valence electrons. The molecule has 2 aliphatic rings. The highest BCUT2D eigenvalue weighted by atomic mass is 16.5. The monoisotopic (exact) mass is 296 g/mol. The van der Waals surface area contributed by atoms with Crippen LogP contribution in [0.5, 0.6) is 0 Å². The average Bonchev–Trinajstić information content (AvgIpc) is 2.48. The van der Waals surface area contributed by atoms with Crippen LogP contribution in [-0.4, -0.2) is 54.5 Å². The molecular weight excluding hydrogens is 268 g/mol. The Bertz CT molecular complexity index is 340. The number of nitrogens with zero attached hydrogens (tertiary/aromatic N) is 1. The second-order valence-electron chi connectivity index (χ2n) is 6.22. The molecule has 21 heavy (non-hydrogen) atoms. The lowest BCUT2D eigenvalue weighted by Gasteiger charge is -2.38. The number of rotatable bonds is 6. The lowest BCUT2D eigenvalue weighted by molar-refractivity contribution is 0.0155. The number of hydrogen-bond donors (Lipinski definition) is 2. The van der Waals surface area contributed by atoms with Gasteiger partial charge in [-0.1, -0.05) is 18.9 Å². The number of likely N-dealkylation sites (tertiary alicyclic amines) is 1. The largest absolute Gasteiger partial charge is 0.465 e. The molecule has 0 spiro atoms. The normalized spacial score (nSPS) is 28.2. The van der Waals surface area contributed by atoms with Crippen LogP contribution >= 0.6 is 0 Å². The lowest BCUT2D eigenvalue weighted by atomic mass is 9.84. The van der Waals surface area contributed by atoms with Crippen molar-refractivity contribution in [3.63, 3.8) is 0 Å². The van der Waals surface area contributed by atoms with Gasteiger partial charge in [0.1, 0.15) is 0 Å². The Hall–Kier alpha value is -1.07. The summed E-state index contributed by atoms with van der Waals surface area (Å²) < 4.78 is 5.71. The Morgan fingerprint density at radius 2 is 2.00 bits per heavy atom. The van der Waals surface area contributed by atoms with Crippen LogP contribution in [0.2, 0.25) is 0 Å². The Kier molecular flexibility index (Phi) is 6.51. The van der Waals surface area contributed by atoms with Crippen molar-refractivity contribution in [1.82, 2.24) is 10.2 Å². The zero-order chi connectivity index (χ0) is 15.1. The molecule has 0 aromatic rings. The van der Waals surface area contributed by atoms with Gasteiger partial charge in [0.2, 0.25) is 0 Å². The summed E-state index contributed by atoms with van der Waals surface area (Å²) in [4.78, 5) is 13.4. The Labute approximate surface area is 127 Å². The first-order valence-corrected chi connectivity index (χ1v) is 8.13. The molecule has 2 atom stereocenters. The van der Waals surface area contributed by atoms with Crippen molar-refractivity contribution in [3.05, 3.63) is 12.7 Å². The molecule has 1 saturated heterocycles. The van der Waals surface area contributed by atoms with E-state index in [0.29, 0.717) is 18.6 Å². The molecule has 2 fully saturated rings. The highest BCUT2D eigenvalue weighted by Crippen LogP contribution is 2.26. The third-order valence-corrected chi connectivity index (χ3v) is 4.70. The molecule has 2 N–H and O–H groups in total. The van der Waals surface area contributed by atoms with Gasteiger partial charge >= 0.3 is 6.09 Å². The van der Waals surface area contributed by atoms with Crippen molar-refractivity contribution in [3.8, 4) is 0 Å². The van der Waals surface area contributed by atoms with E-state index in [0.717, 1.165) is 51.7 Å². The first-order chi connectivity index (χ1) is 10.2. The van der Waals surface area contributed by atoms with Gasteiger partial charge in [-0.2, -0.15) is 0 Å². The van der Waals surface area contributed by atoms with E-state index in [-0.39, 0.29) is 6.04 Å². The van der Waals surface area contributed by atoms with E-state index in [1.165, 1.54) is 6.42 Å². The van der Waals surface area contributed by atoms with Gasteiger partial charge in [0.15, 0.2) is 0 Å². The van der Waals surface area contributed by atoms with E-state index in [9.17, 15) is 4.79 Å². The van der Waals surface area contributed by atoms with Crippen LogP contribution in [0.3, 0.4) is 0 Å². The third kappa shape index (κ3) is 5.32. The molecule has 5 nitrogen and oxygen atoms in total. The second-order valence-corrected chi connectivity index (χ2v) is 6.22.